The zero-order chi connectivity index (χ0) is 14.8. The lowest BCUT2D eigenvalue weighted by atomic mass is 10.1. The molecule has 0 bridgehead atoms. The van der Waals surface area contributed by atoms with Crippen LogP contribution in [-0.4, -0.2) is 16.0 Å². The first-order chi connectivity index (χ1) is 9.38. The number of carbonyl (C=O) groups is 1. The van der Waals surface area contributed by atoms with Crippen LogP contribution < -0.4 is 5.32 Å². The van der Waals surface area contributed by atoms with Crippen LogP contribution >= 0.6 is 15.9 Å². The number of hydrogen-bond donors (Lipinski definition) is 1. The number of rotatable bonds is 3. The lowest BCUT2D eigenvalue weighted by molar-refractivity contribution is -0.137. The van der Waals surface area contributed by atoms with Crippen molar-refractivity contribution in [3.63, 3.8) is 0 Å². The van der Waals surface area contributed by atoms with Gasteiger partial charge in [0.05, 0.1) is 17.7 Å². The largest absolute Gasteiger partial charge is 0.416 e. The summed E-state index contributed by atoms with van der Waals surface area (Å²) < 4.78 is 42.5. The third kappa shape index (κ3) is 3.35. The molecule has 0 aliphatic heterocycles. The van der Waals surface area contributed by atoms with Crippen molar-refractivity contribution in [2.75, 3.05) is 0 Å². The van der Waals surface area contributed by atoms with E-state index >= 15 is 0 Å². The van der Waals surface area contributed by atoms with Gasteiger partial charge in [-0.25, -0.2) is 0 Å². The van der Waals surface area contributed by atoms with Gasteiger partial charge in [0, 0.05) is 4.47 Å². The maximum Gasteiger partial charge on any atom is 0.416 e. The topological polar surface area (TPSA) is 68.0 Å². The van der Waals surface area contributed by atoms with Crippen LogP contribution in [0, 0.1) is 0 Å². The number of carbonyl (C=O) groups excluding carboxylic acids is 1. The molecule has 1 amide bonds. The first kappa shape index (κ1) is 14.5. The second-order valence-electron chi connectivity index (χ2n) is 3.72. The monoisotopic (exact) mass is 349 g/mol. The zero-order valence-electron chi connectivity index (χ0n) is 9.74. The minimum Gasteiger partial charge on any atom is -0.345 e. The Hall–Kier alpha value is -1.90. The van der Waals surface area contributed by atoms with Gasteiger partial charge in [-0.15, -0.1) is 0 Å². The highest BCUT2D eigenvalue weighted by molar-refractivity contribution is 9.10. The number of nitrogens with one attached hydrogen (secondary N) is 1. The molecule has 5 nitrogen and oxygen atoms in total. The third-order valence-electron chi connectivity index (χ3n) is 2.35. The number of amides is 1. The number of hydrogen-bond acceptors (Lipinski definition) is 4. The summed E-state index contributed by atoms with van der Waals surface area (Å²) in [5, 5.41) is 5.87. The van der Waals surface area contributed by atoms with E-state index in [0.29, 0.717) is 0 Å². The maximum atomic E-state index is 12.6. The molecule has 0 radical (unpaired) electrons. The Morgan fingerprint density at radius 3 is 2.75 bits per heavy atom. The Kier molecular flexibility index (Phi) is 4.07. The van der Waals surface area contributed by atoms with Crippen LogP contribution in [0.5, 0.6) is 0 Å². The SMILES string of the molecule is O=C(NCc1ncon1)c1cc(C(F)(F)F)ccc1Br. The van der Waals surface area contributed by atoms with Crippen molar-refractivity contribution in [3.05, 3.63) is 46.0 Å². The van der Waals surface area contributed by atoms with E-state index in [1.807, 2.05) is 0 Å². The summed E-state index contributed by atoms with van der Waals surface area (Å²) in [4.78, 5) is 15.5. The molecule has 0 atom stereocenters. The molecule has 0 saturated heterocycles. The van der Waals surface area contributed by atoms with Gasteiger partial charge < -0.3 is 9.84 Å². The molecule has 1 aromatic carbocycles. The summed E-state index contributed by atoms with van der Waals surface area (Å²) in [5.74, 6) is -0.450. The Morgan fingerprint density at radius 1 is 1.40 bits per heavy atom. The molecule has 20 heavy (non-hydrogen) atoms. The minimum absolute atomic E-state index is 0.0436. The predicted octanol–water partition coefficient (Wildman–Crippen LogP) is 2.78. The molecule has 0 fully saturated rings. The van der Waals surface area contributed by atoms with Gasteiger partial charge in [-0.3, -0.25) is 4.79 Å². The Morgan fingerprint density at radius 2 is 2.15 bits per heavy atom. The van der Waals surface area contributed by atoms with Crippen LogP contribution in [-0.2, 0) is 12.7 Å². The van der Waals surface area contributed by atoms with E-state index in [1.54, 1.807) is 0 Å². The van der Waals surface area contributed by atoms with E-state index in [2.05, 4.69) is 35.9 Å². The first-order valence-corrected chi connectivity index (χ1v) is 6.07. The van der Waals surface area contributed by atoms with E-state index in [0.717, 1.165) is 18.5 Å². The minimum atomic E-state index is -4.51. The number of benzene rings is 1. The van der Waals surface area contributed by atoms with Gasteiger partial charge in [-0.05, 0) is 34.1 Å². The summed E-state index contributed by atoms with van der Waals surface area (Å²) in [6.45, 7) is -0.0436. The fourth-order valence-electron chi connectivity index (χ4n) is 1.40. The van der Waals surface area contributed by atoms with Crippen LogP contribution in [0.15, 0.2) is 33.6 Å². The normalized spacial score (nSPS) is 11.4. The fourth-order valence-corrected chi connectivity index (χ4v) is 1.83. The van der Waals surface area contributed by atoms with Gasteiger partial charge in [0.25, 0.3) is 5.91 Å². The van der Waals surface area contributed by atoms with E-state index < -0.39 is 17.6 Å². The van der Waals surface area contributed by atoms with Gasteiger partial charge in [-0.2, -0.15) is 18.2 Å². The highest BCUT2D eigenvalue weighted by Gasteiger charge is 2.31. The molecule has 106 valence electrons. The lowest BCUT2D eigenvalue weighted by Gasteiger charge is -2.10. The van der Waals surface area contributed by atoms with E-state index in [1.165, 1.54) is 6.07 Å². The molecular weight excluding hydrogens is 343 g/mol. The quantitative estimate of drug-likeness (QED) is 0.925. The number of alkyl halides is 3. The van der Waals surface area contributed by atoms with Crippen LogP contribution in [0.1, 0.15) is 21.7 Å². The summed E-state index contributed by atoms with van der Waals surface area (Å²) in [5.41, 5.74) is -1.02. The van der Waals surface area contributed by atoms with E-state index in [-0.39, 0.29) is 22.4 Å². The number of halogens is 4. The van der Waals surface area contributed by atoms with Crippen LogP contribution in [0.25, 0.3) is 0 Å². The number of aromatic nitrogens is 2. The lowest BCUT2D eigenvalue weighted by Crippen LogP contribution is -2.24. The van der Waals surface area contributed by atoms with Crippen LogP contribution in [0.4, 0.5) is 13.2 Å². The molecule has 9 heteroatoms. The molecule has 0 unspecified atom stereocenters. The van der Waals surface area contributed by atoms with Gasteiger partial charge in [0.15, 0.2) is 5.82 Å². The molecule has 0 saturated carbocycles. The van der Waals surface area contributed by atoms with Crippen molar-refractivity contribution < 1.29 is 22.5 Å². The Balaban J connectivity index is 2.16. The van der Waals surface area contributed by atoms with Gasteiger partial charge in [-0.1, -0.05) is 5.16 Å². The second kappa shape index (κ2) is 5.61. The van der Waals surface area contributed by atoms with Crippen molar-refractivity contribution in [1.29, 1.82) is 0 Å². The highest BCUT2D eigenvalue weighted by atomic mass is 79.9. The molecule has 2 aromatic rings. The number of nitrogens with zero attached hydrogens (tertiary/aromatic N) is 2. The molecule has 1 heterocycles. The van der Waals surface area contributed by atoms with E-state index in [9.17, 15) is 18.0 Å². The van der Waals surface area contributed by atoms with Gasteiger partial charge in [0.2, 0.25) is 6.39 Å². The van der Waals surface area contributed by atoms with Crippen LogP contribution in [0.3, 0.4) is 0 Å². The first-order valence-electron chi connectivity index (χ1n) is 5.28. The van der Waals surface area contributed by atoms with Crippen molar-refractivity contribution in [1.82, 2.24) is 15.5 Å². The molecule has 1 aromatic heterocycles. The molecule has 0 aliphatic carbocycles. The van der Waals surface area contributed by atoms with E-state index in [4.69, 9.17) is 0 Å². The van der Waals surface area contributed by atoms with Crippen molar-refractivity contribution in [2.24, 2.45) is 0 Å². The maximum absolute atomic E-state index is 12.6. The summed E-state index contributed by atoms with van der Waals surface area (Å²) in [6.07, 6.45) is -3.43. The van der Waals surface area contributed by atoms with Crippen LogP contribution in [0.2, 0.25) is 0 Å². The van der Waals surface area contributed by atoms with Crippen molar-refractivity contribution in [3.8, 4) is 0 Å². The summed E-state index contributed by atoms with van der Waals surface area (Å²) >= 11 is 3.04. The van der Waals surface area contributed by atoms with Crippen molar-refractivity contribution in [2.45, 2.75) is 12.7 Å². The molecule has 2 rings (SSSR count). The van der Waals surface area contributed by atoms with Gasteiger partial charge >= 0.3 is 6.18 Å². The van der Waals surface area contributed by atoms with Crippen molar-refractivity contribution >= 4 is 21.8 Å². The molecule has 0 spiro atoms. The average molecular weight is 350 g/mol. The zero-order valence-corrected chi connectivity index (χ0v) is 11.3. The molecular formula is C11H7BrF3N3O2. The molecule has 1 N–H and O–H groups in total. The summed E-state index contributed by atoms with van der Waals surface area (Å²) in [6, 6.07) is 2.84. The average Bonchev–Trinajstić information content (AvgIpc) is 2.88. The Bertz CT molecular complexity index is 614. The summed E-state index contributed by atoms with van der Waals surface area (Å²) in [7, 11) is 0. The second-order valence-corrected chi connectivity index (χ2v) is 4.58. The standard InChI is InChI=1S/C11H7BrF3N3O2/c12-8-2-1-6(11(13,14)15)3-7(8)10(19)16-4-9-17-5-20-18-9/h1-3,5H,4H2,(H,16,19). The molecule has 0 aliphatic rings. The smallest absolute Gasteiger partial charge is 0.345 e. The van der Waals surface area contributed by atoms with Gasteiger partial charge in [0.1, 0.15) is 0 Å². The third-order valence-corrected chi connectivity index (χ3v) is 3.04. The fraction of sp³-hybridized carbons (Fsp3) is 0.182. The Labute approximate surface area is 119 Å². The predicted molar refractivity (Wildman–Crippen MR) is 64.6 cm³/mol. The highest BCUT2D eigenvalue weighted by Crippen LogP contribution is 2.31.